The van der Waals surface area contributed by atoms with Gasteiger partial charge in [0.2, 0.25) is 0 Å². The molecule has 1 heteroatoms. The van der Waals surface area contributed by atoms with Crippen LogP contribution in [0, 0.1) is 6.92 Å². The summed E-state index contributed by atoms with van der Waals surface area (Å²) in [7, 11) is 0. The summed E-state index contributed by atoms with van der Waals surface area (Å²) in [6, 6.07) is 19.3. The molecule has 0 bridgehead atoms. The number of pyridine rings is 1. The van der Waals surface area contributed by atoms with E-state index in [0.29, 0.717) is 5.92 Å². The van der Waals surface area contributed by atoms with Gasteiger partial charge >= 0.3 is 0 Å². The molecule has 0 saturated heterocycles. The van der Waals surface area contributed by atoms with Gasteiger partial charge in [0, 0.05) is 16.6 Å². The van der Waals surface area contributed by atoms with E-state index in [9.17, 15) is 0 Å². The minimum absolute atomic E-state index is 0.542. The predicted octanol–water partition coefficient (Wildman–Crippen LogP) is 5.33. The van der Waals surface area contributed by atoms with Crippen LogP contribution in [0.4, 0.5) is 0 Å². The number of hydrogen-bond donors (Lipinski definition) is 0. The van der Waals surface area contributed by atoms with E-state index in [1.54, 1.807) is 0 Å². The van der Waals surface area contributed by atoms with Crippen molar-refractivity contribution >= 4 is 10.9 Å². The highest BCUT2D eigenvalue weighted by Gasteiger charge is 2.07. The fourth-order valence-electron chi connectivity index (χ4n) is 2.56. The first-order valence-electron chi connectivity index (χ1n) is 7.12. The smallest absolute Gasteiger partial charge is 0.0705 e. The van der Waals surface area contributed by atoms with Gasteiger partial charge in [-0.25, -0.2) is 0 Å². The van der Waals surface area contributed by atoms with Crippen molar-refractivity contribution < 1.29 is 0 Å². The third-order valence-corrected chi connectivity index (χ3v) is 3.78. The van der Waals surface area contributed by atoms with Crippen LogP contribution in [0.25, 0.3) is 22.0 Å². The molecule has 0 aliphatic carbocycles. The van der Waals surface area contributed by atoms with Crippen molar-refractivity contribution in [3.8, 4) is 11.1 Å². The van der Waals surface area contributed by atoms with Crippen LogP contribution in [0.15, 0.2) is 54.6 Å². The average Bonchev–Trinajstić information content (AvgIpc) is 2.47. The molecule has 0 aliphatic rings. The van der Waals surface area contributed by atoms with Crippen LogP contribution in [-0.2, 0) is 0 Å². The van der Waals surface area contributed by atoms with Gasteiger partial charge in [-0.15, -0.1) is 0 Å². The molecule has 0 radical (unpaired) electrons. The molecule has 0 atom stereocenters. The molecule has 0 amide bonds. The number of benzene rings is 2. The van der Waals surface area contributed by atoms with Crippen molar-refractivity contribution in [3.05, 3.63) is 65.9 Å². The van der Waals surface area contributed by atoms with Crippen molar-refractivity contribution in [1.29, 1.82) is 0 Å². The molecular weight excluding hydrogens is 242 g/mol. The Morgan fingerprint density at radius 2 is 1.65 bits per heavy atom. The first-order valence-corrected chi connectivity index (χ1v) is 7.12. The fourth-order valence-corrected chi connectivity index (χ4v) is 2.56. The predicted molar refractivity (Wildman–Crippen MR) is 86.0 cm³/mol. The van der Waals surface area contributed by atoms with Gasteiger partial charge in [-0.3, -0.25) is 4.98 Å². The lowest BCUT2D eigenvalue weighted by atomic mass is 9.98. The van der Waals surface area contributed by atoms with E-state index >= 15 is 0 Å². The lowest BCUT2D eigenvalue weighted by Crippen LogP contribution is -1.92. The third-order valence-electron chi connectivity index (χ3n) is 3.78. The Balaban J connectivity index is 2.21. The van der Waals surface area contributed by atoms with Gasteiger partial charge in [0.05, 0.1) is 5.52 Å². The molecule has 0 aliphatic heterocycles. The zero-order chi connectivity index (χ0) is 14.1. The molecule has 0 N–H and O–H groups in total. The van der Waals surface area contributed by atoms with Crippen LogP contribution in [0.1, 0.15) is 31.0 Å². The quantitative estimate of drug-likeness (QED) is 0.607. The standard InChI is InChI=1S/C19H19N/c1-13(2)16-9-10-19-17(11-16)12-18(14(3)20-19)15-7-5-4-6-8-15/h4-13H,1-3H3. The summed E-state index contributed by atoms with van der Waals surface area (Å²) in [5, 5.41) is 1.22. The summed E-state index contributed by atoms with van der Waals surface area (Å²) < 4.78 is 0. The van der Waals surface area contributed by atoms with Crippen LogP contribution in [0.2, 0.25) is 0 Å². The second-order valence-electron chi connectivity index (χ2n) is 5.59. The summed E-state index contributed by atoms with van der Waals surface area (Å²) in [6.45, 7) is 6.53. The summed E-state index contributed by atoms with van der Waals surface area (Å²) >= 11 is 0. The van der Waals surface area contributed by atoms with E-state index in [0.717, 1.165) is 11.2 Å². The first kappa shape index (κ1) is 12.9. The molecule has 0 unspecified atom stereocenters. The molecule has 0 fully saturated rings. The van der Waals surface area contributed by atoms with Crippen molar-refractivity contribution in [2.75, 3.05) is 0 Å². The highest BCUT2D eigenvalue weighted by molar-refractivity contribution is 5.85. The molecule has 20 heavy (non-hydrogen) atoms. The fraction of sp³-hybridized carbons (Fsp3) is 0.211. The molecule has 1 nitrogen and oxygen atoms in total. The highest BCUT2D eigenvalue weighted by atomic mass is 14.7. The van der Waals surface area contributed by atoms with Crippen LogP contribution in [0.5, 0.6) is 0 Å². The molecule has 3 aromatic rings. The maximum absolute atomic E-state index is 4.75. The summed E-state index contributed by atoms with van der Waals surface area (Å²) in [4.78, 5) is 4.75. The summed E-state index contributed by atoms with van der Waals surface area (Å²) in [5.41, 5.74) is 5.98. The number of hydrogen-bond acceptors (Lipinski definition) is 1. The number of fused-ring (bicyclic) bond motifs is 1. The maximum atomic E-state index is 4.75. The zero-order valence-electron chi connectivity index (χ0n) is 12.2. The second-order valence-corrected chi connectivity index (χ2v) is 5.59. The molecule has 2 aromatic carbocycles. The number of nitrogens with zero attached hydrogens (tertiary/aromatic N) is 1. The van der Waals surface area contributed by atoms with Gasteiger partial charge in [0.1, 0.15) is 0 Å². The highest BCUT2D eigenvalue weighted by Crippen LogP contribution is 2.28. The Kier molecular flexibility index (Phi) is 3.27. The Bertz CT molecular complexity index is 742. The van der Waals surface area contributed by atoms with E-state index in [1.807, 2.05) is 6.07 Å². The average molecular weight is 261 g/mol. The van der Waals surface area contributed by atoms with Crippen molar-refractivity contribution in [1.82, 2.24) is 4.98 Å². The van der Waals surface area contributed by atoms with Gasteiger partial charge in [-0.2, -0.15) is 0 Å². The minimum Gasteiger partial charge on any atom is -0.252 e. The van der Waals surface area contributed by atoms with Crippen LogP contribution in [-0.4, -0.2) is 4.98 Å². The second kappa shape index (κ2) is 5.09. The maximum Gasteiger partial charge on any atom is 0.0705 e. The molecule has 3 rings (SSSR count). The van der Waals surface area contributed by atoms with Crippen molar-refractivity contribution in [2.24, 2.45) is 0 Å². The molecule has 1 aromatic heterocycles. The van der Waals surface area contributed by atoms with E-state index in [4.69, 9.17) is 4.98 Å². The van der Waals surface area contributed by atoms with Gasteiger partial charge in [-0.05, 0) is 42.2 Å². The molecule has 0 saturated carbocycles. The number of aromatic nitrogens is 1. The minimum atomic E-state index is 0.542. The topological polar surface area (TPSA) is 12.9 Å². The normalized spacial score (nSPS) is 11.2. The molecular formula is C19H19N. The number of rotatable bonds is 2. The SMILES string of the molecule is Cc1nc2ccc(C(C)C)cc2cc1-c1ccccc1. The lowest BCUT2D eigenvalue weighted by molar-refractivity contribution is 0.868. The van der Waals surface area contributed by atoms with Gasteiger partial charge in [0.15, 0.2) is 0 Å². The van der Waals surface area contributed by atoms with Gasteiger partial charge in [0.25, 0.3) is 0 Å². The van der Waals surface area contributed by atoms with E-state index in [1.165, 1.54) is 22.1 Å². The molecule has 0 spiro atoms. The lowest BCUT2D eigenvalue weighted by Gasteiger charge is -2.10. The first-order chi connectivity index (χ1) is 9.65. The summed E-state index contributed by atoms with van der Waals surface area (Å²) in [6.07, 6.45) is 0. The Hall–Kier alpha value is -2.15. The summed E-state index contributed by atoms with van der Waals surface area (Å²) in [5.74, 6) is 0.542. The van der Waals surface area contributed by atoms with Crippen molar-refractivity contribution in [3.63, 3.8) is 0 Å². The van der Waals surface area contributed by atoms with Gasteiger partial charge in [-0.1, -0.05) is 50.2 Å². The monoisotopic (exact) mass is 261 g/mol. The molecule has 100 valence electrons. The van der Waals surface area contributed by atoms with Crippen LogP contribution >= 0.6 is 0 Å². The van der Waals surface area contributed by atoms with E-state index in [2.05, 4.69) is 69.3 Å². The Morgan fingerprint density at radius 1 is 0.900 bits per heavy atom. The van der Waals surface area contributed by atoms with E-state index < -0.39 is 0 Å². The van der Waals surface area contributed by atoms with Crippen LogP contribution in [0.3, 0.4) is 0 Å². The largest absolute Gasteiger partial charge is 0.252 e. The Morgan fingerprint density at radius 3 is 2.35 bits per heavy atom. The Labute approximate surface area is 120 Å². The van der Waals surface area contributed by atoms with Gasteiger partial charge < -0.3 is 0 Å². The third kappa shape index (κ3) is 2.32. The zero-order valence-corrected chi connectivity index (χ0v) is 12.2. The molecule has 1 heterocycles. The van der Waals surface area contributed by atoms with Crippen molar-refractivity contribution in [2.45, 2.75) is 26.7 Å². The number of aryl methyl sites for hydroxylation is 1. The van der Waals surface area contributed by atoms with Crippen LogP contribution < -0.4 is 0 Å². The van der Waals surface area contributed by atoms with E-state index in [-0.39, 0.29) is 0 Å².